The molecular weight excluding hydrogens is 468 g/mol. The Morgan fingerprint density at radius 1 is 1.06 bits per heavy atom. The average Bonchev–Trinajstić information content (AvgIpc) is 3.54. The molecule has 0 fully saturated rings. The van der Waals surface area contributed by atoms with Crippen LogP contribution < -0.4 is 15.2 Å². The van der Waals surface area contributed by atoms with E-state index in [9.17, 15) is 13.2 Å². The molecule has 5 rings (SSSR count). The van der Waals surface area contributed by atoms with E-state index >= 15 is 0 Å². The Bertz CT molecular complexity index is 1660. The van der Waals surface area contributed by atoms with E-state index in [1.165, 1.54) is 28.0 Å². The Hall–Kier alpha value is -3.38. The van der Waals surface area contributed by atoms with Crippen LogP contribution in [0.3, 0.4) is 0 Å². The van der Waals surface area contributed by atoms with Gasteiger partial charge < -0.3 is 4.42 Å². The molecule has 0 atom stereocenters. The highest BCUT2D eigenvalue weighted by Crippen LogP contribution is 2.24. The van der Waals surface area contributed by atoms with Crippen LogP contribution in [-0.4, -0.2) is 23.0 Å². The molecule has 0 saturated heterocycles. The van der Waals surface area contributed by atoms with Crippen molar-refractivity contribution in [2.45, 2.75) is 4.90 Å². The second kappa shape index (κ2) is 7.95. The molecule has 160 valence electrons. The summed E-state index contributed by atoms with van der Waals surface area (Å²) in [5.41, 5.74) is 0.410. The molecule has 8 nitrogen and oxygen atoms in total. The normalized spacial score (nSPS) is 13.0. The molecule has 4 aromatic heterocycles. The number of rotatable bonds is 5. The fourth-order valence-corrected chi connectivity index (χ4v) is 5.01. The number of primary sulfonamides is 1. The molecule has 0 bridgehead atoms. The first-order valence-electron chi connectivity index (χ1n) is 9.23. The predicted octanol–water partition coefficient (Wildman–Crippen LogP) is 2.84. The van der Waals surface area contributed by atoms with E-state index in [4.69, 9.17) is 9.56 Å². The van der Waals surface area contributed by atoms with Gasteiger partial charge in [-0.2, -0.15) is 9.50 Å². The predicted molar refractivity (Wildman–Crippen MR) is 125 cm³/mol. The minimum atomic E-state index is -3.76. The van der Waals surface area contributed by atoms with E-state index in [1.54, 1.807) is 47.8 Å². The van der Waals surface area contributed by atoms with Crippen molar-refractivity contribution in [1.82, 2.24) is 14.6 Å². The summed E-state index contributed by atoms with van der Waals surface area (Å²) in [7, 11) is -3.76. The van der Waals surface area contributed by atoms with Crippen LogP contribution in [0.25, 0.3) is 34.5 Å². The number of thiazole rings is 1. The highest BCUT2D eigenvalue weighted by Gasteiger charge is 2.11. The minimum absolute atomic E-state index is 0.0228. The van der Waals surface area contributed by atoms with E-state index < -0.39 is 10.0 Å². The van der Waals surface area contributed by atoms with Crippen LogP contribution in [0, 0.1) is 0 Å². The molecule has 32 heavy (non-hydrogen) atoms. The zero-order chi connectivity index (χ0) is 22.3. The Morgan fingerprint density at radius 2 is 1.88 bits per heavy atom. The number of hydrogen-bond donors (Lipinski definition) is 1. The van der Waals surface area contributed by atoms with Gasteiger partial charge in [-0.1, -0.05) is 17.4 Å². The molecule has 0 aliphatic carbocycles. The van der Waals surface area contributed by atoms with Crippen molar-refractivity contribution in [3.05, 3.63) is 85.3 Å². The fraction of sp³-hybridized carbons (Fsp3) is 0. The van der Waals surface area contributed by atoms with Gasteiger partial charge in [-0.15, -0.1) is 16.4 Å². The smallest absolute Gasteiger partial charge is 0.291 e. The van der Waals surface area contributed by atoms with Crippen LogP contribution in [-0.2, 0) is 10.0 Å². The fourth-order valence-electron chi connectivity index (χ4n) is 2.99. The molecule has 5 aromatic rings. The first-order valence-corrected chi connectivity index (χ1v) is 12.5. The third-order valence-electron chi connectivity index (χ3n) is 4.51. The number of nitrogens with two attached hydrogens (primary N) is 1. The quantitative estimate of drug-likeness (QED) is 0.411. The molecular formula is C21H14N4O4S3. The number of furan rings is 1. The van der Waals surface area contributed by atoms with Crippen LogP contribution in [0.2, 0.25) is 0 Å². The summed E-state index contributed by atoms with van der Waals surface area (Å²) in [6.07, 6.45) is 5.31. The molecule has 0 unspecified atom stereocenters. The lowest BCUT2D eigenvalue weighted by Crippen LogP contribution is -2.23. The van der Waals surface area contributed by atoms with Gasteiger partial charge >= 0.3 is 0 Å². The summed E-state index contributed by atoms with van der Waals surface area (Å²) in [6.45, 7) is 0. The van der Waals surface area contributed by atoms with Gasteiger partial charge in [0.15, 0.2) is 5.82 Å². The van der Waals surface area contributed by atoms with Crippen LogP contribution >= 0.6 is 22.7 Å². The van der Waals surface area contributed by atoms with E-state index in [0.717, 1.165) is 4.88 Å². The standard InChI is InChI=1S/C21H14N4O4S3/c22-32(27,28)16-7-3-13(4-8-16)17-9-5-14(29-17)12-18-20(26)25-21(31-18)23-19(24-25)10-6-15-2-1-11-30-15/h1-12H,(H2,22,27,28)/b10-6+,18-12-. The van der Waals surface area contributed by atoms with Crippen molar-refractivity contribution < 1.29 is 12.8 Å². The van der Waals surface area contributed by atoms with Gasteiger partial charge in [0.2, 0.25) is 15.0 Å². The molecule has 0 aliphatic rings. The largest absolute Gasteiger partial charge is 0.457 e. The summed E-state index contributed by atoms with van der Waals surface area (Å²) < 4.78 is 30.3. The third kappa shape index (κ3) is 4.06. The van der Waals surface area contributed by atoms with Crippen molar-refractivity contribution in [2.24, 2.45) is 5.14 Å². The lowest BCUT2D eigenvalue weighted by Gasteiger charge is -2.00. The van der Waals surface area contributed by atoms with E-state index in [1.807, 2.05) is 23.6 Å². The topological polar surface area (TPSA) is 121 Å². The maximum atomic E-state index is 12.7. The van der Waals surface area contributed by atoms with Crippen molar-refractivity contribution in [1.29, 1.82) is 0 Å². The summed E-state index contributed by atoms with van der Waals surface area (Å²) >= 11 is 2.83. The van der Waals surface area contributed by atoms with Gasteiger partial charge in [0.1, 0.15) is 16.1 Å². The SMILES string of the molecule is NS(=O)(=O)c1ccc(-c2ccc(/C=c3\sc4nc(/C=C/c5cccs5)nn4c3=O)o2)cc1. The Labute approximate surface area is 189 Å². The number of sulfonamides is 1. The van der Waals surface area contributed by atoms with Gasteiger partial charge in [-0.3, -0.25) is 4.79 Å². The van der Waals surface area contributed by atoms with Crippen LogP contribution in [0.5, 0.6) is 0 Å². The Morgan fingerprint density at radius 3 is 2.56 bits per heavy atom. The molecule has 0 saturated carbocycles. The maximum absolute atomic E-state index is 12.7. The Balaban J connectivity index is 1.42. The highest BCUT2D eigenvalue weighted by molar-refractivity contribution is 7.89. The summed E-state index contributed by atoms with van der Waals surface area (Å²) in [4.78, 5) is 18.7. The molecule has 2 N–H and O–H groups in total. The van der Waals surface area contributed by atoms with Gasteiger partial charge in [0, 0.05) is 16.5 Å². The van der Waals surface area contributed by atoms with Gasteiger partial charge in [0.05, 0.1) is 4.90 Å². The molecule has 0 spiro atoms. The first kappa shape index (κ1) is 20.5. The summed E-state index contributed by atoms with van der Waals surface area (Å²) in [5, 5.41) is 11.4. The molecule has 11 heteroatoms. The van der Waals surface area contributed by atoms with Crippen molar-refractivity contribution in [2.75, 3.05) is 0 Å². The van der Waals surface area contributed by atoms with Crippen molar-refractivity contribution in [3.8, 4) is 11.3 Å². The van der Waals surface area contributed by atoms with Crippen molar-refractivity contribution in [3.63, 3.8) is 0 Å². The third-order valence-corrected chi connectivity index (χ3v) is 7.23. The second-order valence-electron chi connectivity index (χ2n) is 6.70. The number of hydrogen-bond acceptors (Lipinski definition) is 8. The molecule has 0 aliphatic heterocycles. The van der Waals surface area contributed by atoms with Crippen LogP contribution in [0.4, 0.5) is 0 Å². The van der Waals surface area contributed by atoms with Gasteiger partial charge in [-0.25, -0.2) is 13.6 Å². The first-order chi connectivity index (χ1) is 15.4. The van der Waals surface area contributed by atoms with E-state index in [-0.39, 0.29) is 10.5 Å². The number of thiophene rings is 1. The number of aromatic nitrogens is 3. The van der Waals surface area contributed by atoms with Gasteiger partial charge in [0.25, 0.3) is 5.56 Å². The minimum Gasteiger partial charge on any atom is -0.457 e. The zero-order valence-corrected chi connectivity index (χ0v) is 18.7. The maximum Gasteiger partial charge on any atom is 0.291 e. The monoisotopic (exact) mass is 482 g/mol. The number of fused-ring (bicyclic) bond motifs is 1. The van der Waals surface area contributed by atoms with Crippen molar-refractivity contribution >= 4 is 55.9 Å². The molecule has 0 amide bonds. The molecule has 4 heterocycles. The molecule has 1 aromatic carbocycles. The van der Waals surface area contributed by atoms with Crippen LogP contribution in [0.15, 0.2) is 68.0 Å². The summed E-state index contributed by atoms with van der Waals surface area (Å²) in [5.74, 6) is 1.48. The van der Waals surface area contributed by atoms with E-state index in [0.29, 0.717) is 32.4 Å². The highest BCUT2D eigenvalue weighted by atomic mass is 32.2. The Kier molecular flexibility index (Phi) is 5.10. The second-order valence-corrected chi connectivity index (χ2v) is 10.3. The average molecular weight is 483 g/mol. The van der Waals surface area contributed by atoms with E-state index in [2.05, 4.69) is 10.1 Å². The molecule has 0 radical (unpaired) electrons. The lowest BCUT2D eigenvalue weighted by atomic mass is 10.2. The van der Waals surface area contributed by atoms with Gasteiger partial charge in [-0.05, 0) is 60.0 Å². The summed E-state index contributed by atoms with van der Waals surface area (Å²) in [6, 6.07) is 13.5. The zero-order valence-electron chi connectivity index (χ0n) is 16.2. The van der Waals surface area contributed by atoms with Crippen LogP contribution in [0.1, 0.15) is 16.5 Å². The lowest BCUT2D eigenvalue weighted by molar-refractivity contribution is 0.571. The number of nitrogens with zero attached hydrogens (tertiary/aromatic N) is 3. The number of benzene rings is 1.